The zero-order valence-electron chi connectivity index (χ0n) is 8.70. The average molecular weight is 212 g/mol. The third kappa shape index (κ3) is 2.04. The zero-order valence-corrected chi connectivity index (χ0v) is 8.70. The van der Waals surface area contributed by atoms with E-state index < -0.39 is 11.4 Å². The first-order valence-corrected chi connectivity index (χ1v) is 5.49. The molecule has 1 atom stereocenters. The van der Waals surface area contributed by atoms with Crippen LogP contribution in [0.2, 0.25) is 0 Å². The summed E-state index contributed by atoms with van der Waals surface area (Å²) in [5.41, 5.74) is -1.24. The smallest absolute Gasteiger partial charge is 0.319 e. The van der Waals surface area contributed by atoms with Crippen LogP contribution in [0.3, 0.4) is 0 Å². The SMILES string of the molecule is O=C(O)C1(CCC2CC2)COCCC1=O. The van der Waals surface area contributed by atoms with Gasteiger partial charge in [0, 0.05) is 6.42 Å². The number of ether oxygens (including phenoxy) is 1. The molecule has 0 spiro atoms. The third-order valence-electron chi connectivity index (χ3n) is 3.44. The number of rotatable bonds is 4. The molecule has 2 fully saturated rings. The Kier molecular flexibility index (Phi) is 2.78. The maximum absolute atomic E-state index is 11.7. The largest absolute Gasteiger partial charge is 0.480 e. The summed E-state index contributed by atoms with van der Waals surface area (Å²) >= 11 is 0. The minimum Gasteiger partial charge on any atom is -0.480 e. The summed E-state index contributed by atoms with van der Waals surface area (Å²) in [5.74, 6) is -0.509. The molecule has 15 heavy (non-hydrogen) atoms. The second-order valence-electron chi connectivity index (χ2n) is 4.60. The Morgan fingerprint density at radius 2 is 2.27 bits per heavy atom. The number of carbonyl (C=O) groups is 2. The highest BCUT2D eigenvalue weighted by molar-refractivity contribution is 6.03. The Bertz CT molecular complexity index is 282. The molecule has 84 valence electrons. The van der Waals surface area contributed by atoms with Crippen molar-refractivity contribution in [2.24, 2.45) is 11.3 Å². The zero-order chi connectivity index (χ0) is 10.9. The molecule has 1 saturated carbocycles. The molecular formula is C11H16O4. The van der Waals surface area contributed by atoms with Crippen LogP contribution in [0.1, 0.15) is 32.1 Å². The van der Waals surface area contributed by atoms with E-state index in [-0.39, 0.29) is 18.8 Å². The highest BCUT2D eigenvalue weighted by atomic mass is 16.5. The van der Waals surface area contributed by atoms with Crippen molar-refractivity contribution in [1.82, 2.24) is 0 Å². The Balaban J connectivity index is 2.05. The maximum atomic E-state index is 11.7. The maximum Gasteiger partial charge on any atom is 0.319 e. The van der Waals surface area contributed by atoms with Gasteiger partial charge in [0.25, 0.3) is 0 Å². The van der Waals surface area contributed by atoms with Gasteiger partial charge in [0.2, 0.25) is 0 Å². The van der Waals surface area contributed by atoms with Crippen molar-refractivity contribution in [2.45, 2.75) is 32.1 Å². The molecule has 2 rings (SSSR count). The average Bonchev–Trinajstić information content (AvgIpc) is 3.00. The topological polar surface area (TPSA) is 63.6 Å². The highest BCUT2D eigenvalue weighted by Gasteiger charge is 2.48. The summed E-state index contributed by atoms with van der Waals surface area (Å²) in [6, 6.07) is 0. The summed E-state index contributed by atoms with van der Waals surface area (Å²) in [7, 11) is 0. The number of ketones is 1. The summed E-state index contributed by atoms with van der Waals surface area (Å²) in [5, 5.41) is 9.19. The summed E-state index contributed by atoms with van der Waals surface area (Å²) in [6.45, 7) is 0.436. The Morgan fingerprint density at radius 3 is 2.80 bits per heavy atom. The minimum absolute atomic E-state index is 0.0634. The number of hydrogen-bond acceptors (Lipinski definition) is 3. The van der Waals surface area contributed by atoms with Gasteiger partial charge in [0.15, 0.2) is 5.78 Å². The number of aliphatic carboxylic acids is 1. The van der Waals surface area contributed by atoms with Crippen LogP contribution in [0.25, 0.3) is 0 Å². The molecule has 4 heteroatoms. The second kappa shape index (κ2) is 3.93. The third-order valence-corrected chi connectivity index (χ3v) is 3.44. The first-order chi connectivity index (χ1) is 7.15. The summed E-state index contributed by atoms with van der Waals surface area (Å²) in [4.78, 5) is 22.9. The highest BCUT2D eigenvalue weighted by Crippen LogP contribution is 2.39. The quantitative estimate of drug-likeness (QED) is 0.712. The van der Waals surface area contributed by atoms with Crippen molar-refractivity contribution in [1.29, 1.82) is 0 Å². The van der Waals surface area contributed by atoms with Gasteiger partial charge < -0.3 is 9.84 Å². The van der Waals surface area contributed by atoms with Gasteiger partial charge in [0.05, 0.1) is 13.2 Å². The van der Waals surface area contributed by atoms with E-state index in [1.807, 2.05) is 0 Å². The van der Waals surface area contributed by atoms with Gasteiger partial charge in [-0.2, -0.15) is 0 Å². The number of hydrogen-bond donors (Lipinski definition) is 1. The molecular weight excluding hydrogens is 196 g/mol. The molecule has 1 aliphatic carbocycles. The van der Waals surface area contributed by atoms with E-state index in [4.69, 9.17) is 4.74 Å². The fraction of sp³-hybridized carbons (Fsp3) is 0.818. The van der Waals surface area contributed by atoms with Crippen LogP contribution >= 0.6 is 0 Å². The van der Waals surface area contributed by atoms with E-state index in [1.54, 1.807) is 0 Å². The van der Waals surface area contributed by atoms with Gasteiger partial charge in [-0.1, -0.05) is 12.8 Å². The lowest BCUT2D eigenvalue weighted by Crippen LogP contribution is -2.47. The molecule has 1 heterocycles. The minimum atomic E-state index is -1.24. The molecule has 1 aliphatic heterocycles. The number of carboxylic acid groups (broad SMARTS) is 1. The van der Waals surface area contributed by atoms with Crippen LogP contribution in [-0.4, -0.2) is 30.1 Å². The molecule has 0 aromatic carbocycles. The van der Waals surface area contributed by atoms with E-state index in [0.717, 1.165) is 6.42 Å². The van der Waals surface area contributed by atoms with Crippen LogP contribution in [0.5, 0.6) is 0 Å². The molecule has 0 bridgehead atoms. The molecule has 2 aliphatic rings. The van der Waals surface area contributed by atoms with E-state index >= 15 is 0 Å². The number of Topliss-reactive ketones (excluding diaryl/α,β-unsaturated/α-hetero) is 1. The normalized spacial score (nSPS) is 31.6. The molecule has 0 amide bonds. The van der Waals surface area contributed by atoms with Crippen LogP contribution in [0.15, 0.2) is 0 Å². The van der Waals surface area contributed by atoms with Crippen molar-refractivity contribution >= 4 is 11.8 Å². The standard InChI is InChI=1S/C11H16O4/c12-9-4-6-15-7-11(9,10(13)14)5-3-8-1-2-8/h8H,1-7H2,(H,13,14). The predicted molar refractivity (Wildman–Crippen MR) is 52.5 cm³/mol. The predicted octanol–water partition coefficient (Wildman–Crippen LogP) is 1.24. The fourth-order valence-corrected chi connectivity index (χ4v) is 2.09. The van der Waals surface area contributed by atoms with Crippen LogP contribution in [-0.2, 0) is 14.3 Å². The number of carbonyl (C=O) groups excluding carboxylic acids is 1. The van der Waals surface area contributed by atoms with Crippen LogP contribution in [0, 0.1) is 11.3 Å². The summed E-state index contributed by atoms with van der Waals surface area (Å²) in [6.07, 6.45) is 3.92. The monoisotopic (exact) mass is 212 g/mol. The van der Waals surface area contributed by atoms with E-state index in [9.17, 15) is 14.7 Å². The molecule has 1 unspecified atom stereocenters. The Morgan fingerprint density at radius 1 is 1.53 bits per heavy atom. The van der Waals surface area contributed by atoms with Crippen molar-refractivity contribution < 1.29 is 19.4 Å². The lowest BCUT2D eigenvalue weighted by Gasteiger charge is -2.31. The van der Waals surface area contributed by atoms with Gasteiger partial charge >= 0.3 is 5.97 Å². The van der Waals surface area contributed by atoms with Gasteiger partial charge in [-0.15, -0.1) is 0 Å². The van der Waals surface area contributed by atoms with E-state index in [2.05, 4.69) is 0 Å². The molecule has 0 radical (unpaired) electrons. The molecule has 0 aromatic heterocycles. The molecule has 4 nitrogen and oxygen atoms in total. The van der Waals surface area contributed by atoms with Gasteiger partial charge in [0.1, 0.15) is 5.41 Å². The molecule has 1 saturated heterocycles. The van der Waals surface area contributed by atoms with Gasteiger partial charge in [-0.3, -0.25) is 9.59 Å². The second-order valence-corrected chi connectivity index (χ2v) is 4.60. The Hall–Kier alpha value is -0.900. The van der Waals surface area contributed by atoms with Crippen molar-refractivity contribution in [2.75, 3.05) is 13.2 Å². The van der Waals surface area contributed by atoms with E-state index in [1.165, 1.54) is 12.8 Å². The van der Waals surface area contributed by atoms with E-state index in [0.29, 0.717) is 18.9 Å². The first-order valence-electron chi connectivity index (χ1n) is 5.49. The van der Waals surface area contributed by atoms with Crippen LogP contribution < -0.4 is 0 Å². The van der Waals surface area contributed by atoms with Gasteiger partial charge in [-0.05, 0) is 18.8 Å². The Labute approximate surface area is 88.6 Å². The van der Waals surface area contributed by atoms with Crippen LogP contribution in [0.4, 0.5) is 0 Å². The lowest BCUT2D eigenvalue weighted by molar-refractivity contribution is -0.165. The number of carboxylic acids is 1. The molecule has 0 aromatic rings. The van der Waals surface area contributed by atoms with Crippen molar-refractivity contribution in [3.63, 3.8) is 0 Å². The summed E-state index contributed by atoms with van der Waals surface area (Å²) < 4.78 is 5.17. The van der Waals surface area contributed by atoms with Crippen molar-refractivity contribution in [3.05, 3.63) is 0 Å². The fourth-order valence-electron chi connectivity index (χ4n) is 2.09. The van der Waals surface area contributed by atoms with Crippen molar-refractivity contribution in [3.8, 4) is 0 Å². The lowest BCUT2D eigenvalue weighted by atomic mass is 9.77. The molecule has 1 N–H and O–H groups in total. The van der Waals surface area contributed by atoms with Gasteiger partial charge in [-0.25, -0.2) is 0 Å². The first kappa shape index (κ1) is 10.6.